The molecule has 1 aliphatic heterocycles. The van der Waals surface area contributed by atoms with E-state index >= 15 is 0 Å². The Morgan fingerprint density at radius 3 is 3.00 bits per heavy atom. The maximum absolute atomic E-state index is 5.31. The molecule has 0 unspecified atom stereocenters. The van der Waals surface area contributed by atoms with E-state index in [-0.39, 0.29) is 0 Å². The maximum atomic E-state index is 5.31. The minimum absolute atomic E-state index is 0.875. The minimum Gasteiger partial charge on any atom is -0.379 e. The van der Waals surface area contributed by atoms with Crippen LogP contribution in [0, 0.1) is 6.92 Å². The summed E-state index contributed by atoms with van der Waals surface area (Å²) in [6.07, 6.45) is 2.98. The van der Waals surface area contributed by atoms with Gasteiger partial charge in [-0.15, -0.1) is 0 Å². The van der Waals surface area contributed by atoms with E-state index in [1.54, 1.807) is 0 Å². The molecule has 0 atom stereocenters. The van der Waals surface area contributed by atoms with Gasteiger partial charge in [0.2, 0.25) is 0 Å². The Balaban J connectivity index is 1.57. The first kappa shape index (κ1) is 11.4. The highest BCUT2D eigenvalue weighted by atomic mass is 16.5. The predicted molar refractivity (Wildman–Crippen MR) is 63.7 cm³/mol. The number of imidazole rings is 1. The van der Waals surface area contributed by atoms with Crippen LogP contribution in [0.3, 0.4) is 0 Å². The van der Waals surface area contributed by atoms with Crippen molar-refractivity contribution in [3.63, 3.8) is 0 Å². The number of hydrogen-bond acceptors (Lipinski definition) is 4. The van der Waals surface area contributed by atoms with Crippen molar-refractivity contribution in [1.82, 2.24) is 14.9 Å². The van der Waals surface area contributed by atoms with Crippen LogP contribution in [0.1, 0.15) is 12.1 Å². The number of H-pyrrole nitrogens is 1. The summed E-state index contributed by atoms with van der Waals surface area (Å²) in [7, 11) is 0. The van der Waals surface area contributed by atoms with Crippen LogP contribution in [-0.4, -0.2) is 54.3 Å². The molecule has 0 aromatic carbocycles. The Labute approximate surface area is 96.2 Å². The minimum atomic E-state index is 0.875. The van der Waals surface area contributed by atoms with Crippen molar-refractivity contribution in [1.29, 1.82) is 0 Å². The van der Waals surface area contributed by atoms with Crippen molar-refractivity contribution >= 4 is 5.95 Å². The largest absolute Gasteiger partial charge is 0.379 e. The quantitative estimate of drug-likeness (QED) is 0.728. The molecule has 1 aromatic heterocycles. The summed E-state index contributed by atoms with van der Waals surface area (Å²) in [6.45, 7) is 8.00. The fourth-order valence-electron chi connectivity index (χ4n) is 1.84. The second kappa shape index (κ2) is 5.86. The first-order chi connectivity index (χ1) is 7.84. The van der Waals surface area contributed by atoms with Gasteiger partial charge in [0.1, 0.15) is 0 Å². The van der Waals surface area contributed by atoms with Gasteiger partial charge in [0.15, 0.2) is 5.95 Å². The average Bonchev–Trinajstić information content (AvgIpc) is 2.72. The van der Waals surface area contributed by atoms with Crippen LogP contribution in [0.4, 0.5) is 5.95 Å². The van der Waals surface area contributed by atoms with E-state index in [0.29, 0.717) is 0 Å². The molecule has 2 rings (SSSR count). The van der Waals surface area contributed by atoms with Crippen LogP contribution in [0.15, 0.2) is 6.20 Å². The molecule has 2 heterocycles. The lowest BCUT2D eigenvalue weighted by Gasteiger charge is -2.26. The third-order valence-electron chi connectivity index (χ3n) is 2.75. The molecule has 1 fully saturated rings. The number of anilines is 1. The zero-order valence-corrected chi connectivity index (χ0v) is 9.83. The first-order valence-corrected chi connectivity index (χ1v) is 5.90. The molecule has 0 aliphatic carbocycles. The lowest BCUT2D eigenvalue weighted by atomic mass is 10.3. The number of aromatic amines is 1. The van der Waals surface area contributed by atoms with Crippen molar-refractivity contribution in [2.45, 2.75) is 13.3 Å². The van der Waals surface area contributed by atoms with E-state index in [2.05, 4.69) is 20.2 Å². The van der Waals surface area contributed by atoms with Crippen molar-refractivity contribution in [2.24, 2.45) is 0 Å². The zero-order chi connectivity index (χ0) is 11.2. The highest BCUT2D eigenvalue weighted by Crippen LogP contribution is 2.01. The number of hydrogen-bond donors (Lipinski definition) is 2. The molecule has 90 valence electrons. The molecule has 16 heavy (non-hydrogen) atoms. The lowest BCUT2D eigenvalue weighted by molar-refractivity contribution is 0.0378. The highest BCUT2D eigenvalue weighted by molar-refractivity contribution is 5.25. The number of nitrogens with one attached hydrogen (secondary N) is 2. The summed E-state index contributed by atoms with van der Waals surface area (Å²) < 4.78 is 5.31. The van der Waals surface area contributed by atoms with Gasteiger partial charge in [-0.25, -0.2) is 4.98 Å². The lowest BCUT2D eigenvalue weighted by Crippen LogP contribution is -2.37. The van der Waals surface area contributed by atoms with Gasteiger partial charge in [0.25, 0.3) is 0 Å². The SMILES string of the molecule is Cc1cnc(NCCCN2CCOCC2)[nH]1. The predicted octanol–water partition coefficient (Wildman–Crippen LogP) is 0.852. The third-order valence-corrected chi connectivity index (χ3v) is 2.75. The third kappa shape index (κ3) is 3.50. The molecule has 1 aromatic rings. The summed E-state index contributed by atoms with van der Waals surface area (Å²) in [5, 5.41) is 3.28. The second-order valence-electron chi connectivity index (χ2n) is 4.15. The second-order valence-corrected chi connectivity index (χ2v) is 4.15. The van der Waals surface area contributed by atoms with Gasteiger partial charge in [-0.3, -0.25) is 4.90 Å². The molecular weight excluding hydrogens is 204 g/mol. The molecule has 0 amide bonds. The van der Waals surface area contributed by atoms with E-state index in [0.717, 1.165) is 57.5 Å². The Bertz CT molecular complexity index is 307. The van der Waals surface area contributed by atoms with E-state index < -0.39 is 0 Å². The Hall–Kier alpha value is -1.07. The average molecular weight is 224 g/mol. The van der Waals surface area contributed by atoms with Crippen LogP contribution >= 0.6 is 0 Å². The molecule has 0 saturated carbocycles. The Morgan fingerprint density at radius 2 is 2.31 bits per heavy atom. The van der Waals surface area contributed by atoms with Gasteiger partial charge in [0.05, 0.1) is 13.2 Å². The smallest absolute Gasteiger partial charge is 0.200 e. The van der Waals surface area contributed by atoms with Gasteiger partial charge < -0.3 is 15.0 Å². The summed E-state index contributed by atoms with van der Waals surface area (Å²) in [4.78, 5) is 9.80. The van der Waals surface area contributed by atoms with E-state index in [9.17, 15) is 0 Å². The number of nitrogens with zero attached hydrogens (tertiary/aromatic N) is 2. The van der Waals surface area contributed by atoms with Gasteiger partial charge in [-0.05, 0) is 19.9 Å². The van der Waals surface area contributed by atoms with Gasteiger partial charge in [-0.2, -0.15) is 0 Å². The molecular formula is C11H20N4O. The number of rotatable bonds is 5. The number of morpholine rings is 1. The molecule has 2 N–H and O–H groups in total. The number of aromatic nitrogens is 2. The van der Waals surface area contributed by atoms with Crippen LogP contribution in [-0.2, 0) is 4.74 Å². The Morgan fingerprint density at radius 1 is 1.50 bits per heavy atom. The van der Waals surface area contributed by atoms with E-state index in [4.69, 9.17) is 4.74 Å². The van der Waals surface area contributed by atoms with Crippen LogP contribution in [0.25, 0.3) is 0 Å². The monoisotopic (exact) mass is 224 g/mol. The fraction of sp³-hybridized carbons (Fsp3) is 0.727. The summed E-state index contributed by atoms with van der Waals surface area (Å²) >= 11 is 0. The summed E-state index contributed by atoms with van der Waals surface area (Å²) in [6, 6.07) is 0. The molecule has 5 heteroatoms. The standard InChI is InChI=1S/C11H20N4O/c1-10-9-13-11(14-10)12-3-2-4-15-5-7-16-8-6-15/h9H,2-8H2,1H3,(H2,12,13,14). The van der Waals surface area contributed by atoms with Gasteiger partial charge in [0, 0.05) is 31.5 Å². The Kier molecular flexibility index (Phi) is 4.18. The molecule has 0 bridgehead atoms. The van der Waals surface area contributed by atoms with Crippen molar-refractivity contribution < 1.29 is 4.74 Å². The van der Waals surface area contributed by atoms with Crippen LogP contribution in [0.2, 0.25) is 0 Å². The van der Waals surface area contributed by atoms with E-state index in [1.807, 2.05) is 13.1 Å². The van der Waals surface area contributed by atoms with Gasteiger partial charge in [-0.1, -0.05) is 0 Å². The van der Waals surface area contributed by atoms with E-state index in [1.165, 1.54) is 0 Å². The zero-order valence-electron chi connectivity index (χ0n) is 9.83. The normalized spacial score (nSPS) is 17.6. The first-order valence-electron chi connectivity index (χ1n) is 5.90. The van der Waals surface area contributed by atoms with Crippen molar-refractivity contribution in [3.8, 4) is 0 Å². The number of aryl methyl sites for hydroxylation is 1. The molecule has 5 nitrogen and oxygen atoms in total. The summed E-state index contributed by atoms with van der Waals surface area (Å²) in [5.41, 5.74) is 1.09. The van der Waals surface area contributed by atoms with Crippen molar-refractivity contribution in [3.05, 3.63) is 11.9 Å². The van der Waals surface area contributed by atoms with Crippen LogP contribution < -0.4 is 5.32 Å². The fourth-order valence-corrected chi connectivity index (χ4v) is 1.84. The maximum Gasteiger partial charge on any atom is 0.200 e. The number of ether oxygens (including phenoxy) is 1. The molecule has 0 radical (unpaired) electrons. The molecule has 1 saturated heterocycles. The molecule has 1 aliphatic rings. The van der Waals surface area contributed by atoms with Crippen molar-refractivity contribution in [2.75, 3.05) is 44.7 Å². The topological polar surface area (TPSA) is 53.2 Å². The summed E-state index contributed by atoms with van der Waals surface area (Å²) in [5.74, 6) is 0.875. The van der Waals surface area contributed by atoms with Gasteiger partial charge >= 0.3 is 0 Å². The highest BCUT2D eigenvalue weighted by Gasteiger charge is 2.08. The van der Waals surface area contributed by atoms with Crippen LogP contribution in [0.5, 0.6) is 0 Å². The molecule has 0 spiro atoms.